The van der Waals surface area contributed by atoms with Gasteiger partial charge in [0.2, 0.25) is 0 Å². The highest BCUT2D eigenvalue weighted by Crippen LogP contribution is 2.58. The number of ether oxygens (including phenoxy) is 2. The summed E-state index contributed by atoms with van der Waals surface area (Å²) in [6.45, 7) is 14.3. The topological polar surface area (TPSA) is 99.1 Å². The monoisotopic (exact) mass is 540 g/mol. The van der Waals surface area contributed by atoms with E-state index in [1.807, 2.05) is 39.0 Å². The van der Waals surface area contributed by atoms with Gasteiger partial charge in [-0.25, -0.2) is 9.59 Å². The molecule has 0 bridgehead atoms. The van der Waals surface area contributed by atoms with Crippen molar-refractivity contribution in [1.29, 1.82) is 0 Å². The minimum Gasteiger partial charge on any atom is -0.507 e. The van der Waals surface area contributed by atoms with Crippen LogP contribution in [-0.4, -0.2) is 16.3 Å². The molecule has 2 aliphatic rings. The second-order valence-corrected chi connectivity index (χ2v) is 12.3. The number of phenolic OH excluding ortho intramolecular Hbond substituents is 1. The van der Waals surface area contributed by atoms with E-state index in [0.717, 1.165) is 17.5 Å². The molecular formula is C33H32O7. The molecule has 0 aliphatic carbocycles. The lowest BCUT2D eigenvalue weighted by Crippen LogP contribution is -2.43. The number of hydrogen-bond donors (Lipinski definition) is 1. The molecule has 0 radical (unpaired) electrons. The van der Waals surface area contributed by atoms with Crippen LogP contribution in [-0.2, 0) is 5.41 Å². The third-order valence-electron chi connectivity index (χ3n) is 8.07. The van der Waals surface area contributed by atoms with Gasteiger partial charge in [0, 0.05) is 45.7 Å². The van der Waals surface area contributed by atoms with E-state index in [1.165, 1.54) is 18.2 Å². The van der Waals surface area contributed by atoms with Gasteiger partial charge in [0.25, 0.3) is 0 Å². The van der Waals surface area contributed by atoms with Gasteiger partial charge in [-0.3, -0.25) is 0 Å². The molecule has 0 amide bonds. The van der Waals surface area contributed by atoms with Crippen LogP contribution in [0.2, 0.25) is 0 Å². The van der Waals surface area contributed by atoms with Crippen LogP contribution < -0.4 is 20.7 Å². The van der Waals surface area contributed by atoms with E-state index in [1.54, 1.807) is 18.2 Å². The molecule has 0 saturated carbocycles. The molecule has 2 unspecified atom stereocenters. The van der Waals surface area contributed by atoms with E-state index in [0.29, 0.717) is 45.4 Å². The fourth-order valence-electron chi connectivity index (χ4n) is 6.12. The fraction of sp³-hybridized carbons (Fsp3) is 0.333. The number of aromatic hydroxyl groups is 1. The van der Waals surface area contributed by atoms with Crippen LogP contribution in [0.15, 0.2) is 73.6 Å². The molecule has 4 heterocycles. The van der Waals surface area contributed by atoms with Crippen molar-refractivity contribution in [2.75, 3.05) is 0 Å². The van der Waals surface area contributed by atoms with Crippen molar-refractivity contribution in [3.05, 3.63) is 92.7 Å². The predicted molar refractivity (Wildman–Crippen MR) is 155 cm³/mol. The standard InChI is InChI=1S/C33H32O7/c1-7-31(2,3)27-29-21(9-11-25(36)38-29)28-26-20(16-32(4,5)39-30(26)27)17-33(6,40-28)13-12-18-14-19-8-10-24(35)37-23(19)15-22(18)34/h7-15,20,34H,1,16-17H2,2-6H3. The molecule has 4 aromatic rings. The molecule has 0 spiro atoms. The molecule has 6 rings (SSSR count). The quantitative estimate of drug-likeness (QED) is 0.220. The summed E-state index contributed by atoms with van der Waals surface area (Å²) in [6, 6.07) is 9.41. The van der Waals surface area contributed by atoms with E-state index >= 15 is 0 Å². The smallest absolute Gasteiger partial charge is 0.336 e. The number of phenols is 1. The van der Waals surface area contributed by atoms with Gasteiger partial charge in [-0.1, -0.05) is 26.0 Å². The van der Waals surface area contributed by atoms with Crippen LogP contribution >= 0.6 is 0 Å². The van der Waals surface area contributed by atoms with E-state index in [-0.39, 0.29) is 11.7 Å². The van der Waals surface area contributed by atoms with Gasteiger partial charge < -0.3 is 23.4 Å². The average molecular weight is 541 g/mol. The van der Waals surface area contributed by atoms with Gasteiger partial charge in [0.1, 0.15) is 39.6 Å². The minimum atomic E-state index is -0.745. The van der Waals surface area contributed by atoms with Crippen LogP contribution in [0.25, 0.3) is 28.0 Å². The SMILES string of the molecule is C=CC(C)(C)c1c2c3c(c4ccc(=O)oc14)OC(C)(C=Cc1cc4ccc(=O)oc4cc1O)CC3CC(C)(C)O2. The van der Waals surface area contributed by atoms with Crippen molar-refractivity contribution >= 4 is 28.0 Å². The summed E-state index contributed by atoms with van der Waals surface area (Å²) in [7, 11) is 0. The van der Waals surface area contributed by atoms with Crippen molar-refractivity contribution in [3.63, 3.8) is 0 Å². The summed E-state index contributed by atoms with van der Waals surface area (Å²) in [5, 5.41) is 12.1. The Hall–Kier alpha value is -4.26. The van der Waals surface area contributed by atoms with Crippen molar-refractivity contribution in [2.45, 2.75) is 70.0 Å². The van der Waals surface area contributed by atoms with Crippen molar-refractivity contribution < 1.29 is 23.4 Å². The molecular weight excluding hydrogens is 508 g/mol. The van der Waals surface area contributed by atoms with Gasteiger partial charge in [-0.05, 0) is 63.8 Å². The zero-order valence-corrected chi connectivity index (χ0v) is 23.3. The van der Waals surface area contributed by atoms with Crippen LogP contribution in [0, 0.1) is 0 Å². The molecule has 0 fully saturated rings. The maximum atomic E-state index is 12.4. The van der Waals surface area contributed by atoms with Crippen molar-refractivity contribution in [3.8, 4) is 17.2 Å². The lowest BCUT2D eigenvalue weighted by atomic mass is 9.72. The van der Waals surface area contributed by atoms with Gasteiger partial charge in [0.15, 0.2) is 0 Å². The van der Waals surface area contributed by atoms with Crippen LogP contribution in [0.3, 0.4) is 0 Å². The molecule has 0 saturated heterocycles. The van der Waals surface area contributed by atoms with E-state index < -0.39 is 27.9 Å². The van der Waals surface area contributed by atoms with Crippen LogP contribution in [0.5, 0.6) is 17.2 Å². The summed E-state index contributed by atoms with van der Waals surface area (Å²) in [6.07, 6.45) is 7.07. The lowest BCUT2D eigenvalue weighted by Gasteiger charge is -2.47. The molecule has 1 N–H and O–H groups in total. The highest BCUT2D eigenvalue weighted by atomic mass is 16.5. The molecule has 2 aliphatic heterocycles. The van der Waals surface area contributed by atoms with Crippen molar-refractivity contribution in [2.24, 2.45) is 0 Å². The molecule has 40 heavy (non-hydrogen) atoms. The van der Waals surface area contributed by atoms with Crippen molar-refractivity contribution in [1.82, 2.24) is 0 Å². The normalized spacial score (nSPS) is 21.7. The van der Waals surface area contributed by atoms with Gasteiger partial charge in [0.05, 0.1) is 5.39 Å². The molecule has 2 aromatic heterocycles. The summed E-state index contributed by atoms with van der Waals surface area (Å²) < 4.78 is 24.4. The summed E-state index contributed by atoms with van der Waals surface area (Å²) >= 11 is 0. The average Bonchev–Trinajstić information content (AvgIpc) is 2.86. The fourth-order valence-corrected chi connectivity index (χ4v) is 6.12. The Morgan fingerprint density at radius 3 is 2.45 bits per heavy atom. The first-order valence-corrected chi connectivity index (χ1v) is 13.4. The molecule has 2 atom stereocenters. The zero-order valence-electron chi connectivity index (χ0n) is 23.3. The predicted octanol–water partition coefficient (Wildman–Crippen LogP) is 6.97. The molecule has 7 heteroatoms. The summed E-state index contributed by atoms with van der Waals surface area (Å²) in [5.74, 6) is 1.44. The minimum absolute atomic E-state index is 0.00378. The molecule has 206 valence electrons. The van der Waals surface area contributed by atoms with E-state index in [4.69, 9.17) is 18.3 Å². The van der Waals surface area contributed by atoms with Crippen LogP contribution in [0.4, 0.5) is 0 Å². The van der Waals surface area contributed by atoms with E-state index in [9.17, 15) is 14.7 Å². The third kappa shape index (κ3) is 4.21. The van der Waals surface area contributed by atoms with Crippen LogP contribution in [0.1, 0.15) is 70.1 Å². The number of hydrogen-bond acceptors (Lipinski definition) is 7. The Balaban J connectivity index is 1.53. The second kappa shape index (κ2) is 8.62. The largest absolute Gasteiger partial charge is 0.507 e. The summed E-state index contributed by atoms with van der Waals surface area (Å²) in [4.78, 5) is 24.0. The first-order chi connectivity index (χ1) is 18.8. The Kier molecular flexibility index (Phi) is 5.60. The Morgan fingerprint density at radius 1 is 0.975 bits per heavy atom. The van der Waals surface area contributed by atoms with Gasteiger partial charge in [-0.15, -0.1) is 6.58 Å². The Bertz CT molecular complexity index is 1850. The van der Waals surface area contributed by atoms with E-state index in [2.05, 4.69) is 20.4 Å². The number of benzene rings is 2. The summed E-state index contributed by atoms with van der Waals surface area (Å²) in [5.41, 5.74) is 0.435. The lowest BCUT2D eigenvalue weighted by molar-refractivity contribution is 0.0319. The zero-order chi connectivity index (χ0) is 28.6. The highest BCUT2D eigenvalue weighted by Gasteiger charge is 2.47. The Labute approximate surface area is 231 Å². The number of allylic oxidation sites excluding steroid dienone is 1. The third-order valence-corrected chi connectivity index (χ3v) is 8.07. The van der Waals surface area contributed by atoms with Gasteiger partial charge >= 0.3 is 11.3 Å². The highest BCUT2D eigenvalue weighted by molar-refractivity contribution is 5.92. The van der Waals surface area contributed by atoms with Gasteiger partial charge in [-0.2, -0.15) is 0 Å². The molecule has 2 aromatic carbocycles. The second-order valence-electron chi connectivity index (χ2n) is 12.3. The molecule has 7 nitrogen and oxygen atoms in total. The first-order valence-electron chi connectivity index (χ1n) is 13.4. The number of fused-ring (bicyclic) bond motifs is 3. The first kappa shape index (κ1) is 26.0. The maximum absolute atomic E-state index is 12.4. The Morgan fingerprint density at radius 2 is 1.70 bits per heavy atom. The maximum Gasteiger partial charge on any atom is 0.336 e. The number of rotatable bonds is 4.